The molecular weight excluding hydrogens is 232 g/mol. The Labute approximate surface area is 115 Å². The average molecular weight is 254 g/mol. The predicted octanol–water partition coefficient (Wildman–Crippen LogP) is 4.40. The van der Waals surface area contributed by atoms with E-state index in [-0.39, 0.29) is 10.8 Å². The van der Waals surface area contributed by atoms with E-state index in [0.717, 1.165) is 24.0 Å². The largest absolute Gasteiger partial charge is 0.294 e. The monoisotopic (exact) mass is 254 g/mol. The van der Waals surface area contributed by atoms with Crippen LogP contribution < -0.4 is 0 Å². The lowest BCUT2D eigenvalue weighted by Crippen LogP contribution is -2.32. The molecular formula is C18H22O. The summed E-state index contributed by atoms with van der Waals surface area (Å²) >= 11 is 0. The molecule has 1 aromatic carbocycles. The van der Waals surface area contributed by atoms with Gasteiger partial charge in [-0.3, -0.25) is 4.79 Å². The number of rotatable bonds is 1. The van der Waals surface area contributed by atoms with Gasteiger partial charge in [0, 0.05) is 5.41 Å². The number of Topliss-reactive ketones (excluding diaryl/α,β-unsaturated/α-hetero) is 1. The highest BCUT2D eigenvalue weighted by atomic mass is 16.1. The highest BCUT2D eigenvalue weighted by Crippen LogP contribution is 2.65. The molecule has 2 fully saturated rings. The molecule has 0 aromatic heterocycles. The molecule has 0 radical (unpaired) electrons. The number of hydrogen-bond donors (Lipinski definition) is 0. The van der Waals surface area contributed by atoms with Crippen molar-refractivity contribution in [3.05, 3.63) is 41.0 Å². The van der Waals surface area contributed by atoms with Crippen LogP contribution in [0.4, 0.5) is 0 Å². The van der Waals surface area contributed by atoms with Crippen molar-refractivity contribution in [3.8, 4) is 0 Å². The molecule has 0 heterocycles. The number of fused-ring (bicyclic) bond motifs is 2. The summed E-state index contributed by atoms with van der Waals surface area (Å²) in [6.45, 7) is 8.77. The molecule has 1 heteroatoms. The van der Waals surface area contributed by atoms with Crippen LogP contribution in [0.15, 0.2) is 29.8 Å². The van der Waals surface area contributed by atoms with E-state index in [4.69, 9.17) is 0 Å². The van der Waals surface area contributed by atoms with Crippen molar-refractivity contribution in [2.45, 2.75) is 40.5 Å². The molecule has 2 atom stereocenters. The van der Waals surface area contributed by atoms with Crippen LogP contribution in [0.1, 0.15) is 44.7 Å². The first-order chi connectivity index (χ1) is 8.86. The molecule has 0 N–H and O–H groups in total. The summed E-state index contributed by atoms with van der Waals surface area (Å²) in [6.07, 6.45) is 4.33. The summed E-state index contributed by atoms with van der Waals surface area (Å²) in [5, 5.41) is 0. The minimum Gasteiger partial charge on any atom is -0.294 e. The maximum Gasteiger partial charge on any atom is 0.165 e. The minimum absolute atomic E-state index is 0.112. The van der Waals surface area contributed by atoms with Gasteiger partial charge in [-0.05, 0) is 48.3 Å². The van der Waals surface area contributed by atoms with Crippen molar-refractivity contribution in [1.82, 2.24) is 0 Å². The molecule has 0 aliphatic heterocycles. The van der Waals surface area contributed by atoms with Crippen LogP contribution in [0.5, 0.6) is 0 Å². The van der Waals surface area contributed by atoms with Gasteiger partial charge in [0.15, 0.2) is 5.78 Å². The molecule has 2 bridgehead atoms. The molecule has 2 aliphatic rings. The Kier molecular flexibility index (Phi) is 2.54. The van der Waals surface area contributed by atoms with Crippen molar-refractivity contribution in [3.63, 3.8) is 0 Å². The summed E-state index contributed by atoms with van der Waals surface area (Å²) in [4.78, 5) is 12.7. The van der Waals surface area contributed by atoms with Gasteiger partial charge in [-0.25, -0.2) is 0 Å². The summed E-state index contributed by atoms with van der Waals surface area (Å²) in [5.74, 6) is 0.820. The smallest absolute Gasteiger partial charge is 0.165 e. The molecule has 19 heavy (non-hydrogen) atoms. The maximum absolute atomic E-state index is 12.7. The van der Waals surface area contributed by atoms with Crippen LogP contribution in [0.25, 0.3) is 6.08 Å². The van der Waals surface area contributed by atoms with Crippen LogP contribution in [0.3, 0.4) is 0 Å². The van der Waals surface area contributed by atoms with Crippen LogP contribution >= 0.6 is 0 Å². The lowest BCUT2D eigenvalue weighted by molar-refractivity contribution is -0.125. The zero-order valence-corrected chi connectivity index (χ0v) is 12.3. The third-order valence-corrected chi connectivity index (χ3v) is 5.76. The fraction of sp³-hybridized carbons (Fsp3) is 0.500. The number of carbonyl (C=O) groups excluding carboxylic acids is 1. The number of benzene rings is 1. The minimum atomic E-state index is -0.145. The Morgan fingerprint density at radius 3 is 2.32 bits per heavy atom. The Hall–Kier alpha value is -1.37. The van der Waals surface area contributed by atoms with Gasteiger partial charge in [0.1, 0.15) is 0 Å². The molecule has 2 aliphatic carbocycles. The Balaban J connectivity index is 2.04. The van der Waals surface area contributed by atoms with Crippen LogP contribution in [-0.2, 0) is 4.79 Å². The van der Waals surface area contributed by atoms with Crippen molar-refractivity contribution in [1.29, 1.82) is 0 Å². The van der Waals surface area contributed by atoms with E-state index >= 15 is 0 Å². The van der Waals surface area contributed by atoms with E-state index in [1.54, 1.807) is 0 Å². The van der Waals surface area contributed by atoms with E-state index in [2.05, 4.69) is 58.0 Å². The molecule has 0 spiro atoms. The summed E-state index contributed by atoms with van der Waals surface area (Å²) in [6, 6.07) is 8.43. The predicted molar refractivity (Wildman–Crippen MR) is 78.8 cm³/mol. The highest BCUT2D eigenvalue weighted by Gasteiger charge is 2.63. The number of ketones is 1. The van der Waals surface area contributed by atoms with Gasteiger partial charge < -0.3 is 0 Å². The standard InChI is InChI=1S/C18H22O/c1-12-5-7-13(8-6-12)11-14-15-9-10-18(4,16(14)19)17(15,2)3/h5-8,11,15H,9-10H2,1-4H3/b14-11+/t15-,18?/m1/s1. The molecule has 0 saturated heterocycles. The first kappa shape index (κ1) is 12.7. The van der Waals surface area contributed by atoms with Gasteiger partial charge in [-0.2, -0.15) is 0 Å². The zero-order chi connectivity index (χ0) is 13.8. The van der Waals surface area contributed by atoms with E-state index in [1.165, 1.54) is 5.56 Å². The first-order valence-corrected chi connectivity index (χ1v) is 7.19. The highest BCUT2D eigenvalue weighted by molar-refractivity contribution is 6.07. The number of aryl methyl sites for hydroxylation is 1. The van der Waals surface area contributed by atoms with Gasteiger partial charge in [-0.1, -0.05) is 50.6 Å². The molecule has 0 amide bonds. The van der Waals surface area contributed by atoms with Gasteiger partial charge in [0.2, 0.25) is 0 Å². The third-order valence-electron chi connectivity index (χ3n) is 5.76. The average Bonchev–Trinajstić information content (AvgIpc) is 2.66. The lowest BCUT2D eigenvalue weighted by atomic mass is 9.70. The van der Waals surface area contributed by atoms with Gasteiger partial charge in [0.25, 0.3) is 0 Å². The SMILES string of the molecule is Cc1ccc(/C=C2/C(=O)C3(C)CC[C@H]2C3(C)C)cc1. The number of allylic oxidation sites excluding steroid dienone is 1. The topological polar surface area (TPSA) is 17.1 Å². The Morgan fingerprint density at radius 1 is 1.16 bits per heavy atom. The second-order valence-corrected chi connectivity index (χ2v) is 6.98. The quantitative estimate of drug-likeness (QED) is 0.679. The van der Waals surface area contributed by atoms with Crippen molar-refractivity contribution < 1.29 is 4.79 Å². The second kappa shape index (κ2) is 3.82. The molecule has 1 aromatic rings. The number of carbonyl (C=O) groups is 1. The Bertz CT molecular complexity index is 562. The lowest BCUT2D eigenvalue weighted by Gasteiger charge is -2.31. The van der Waals surface area contributed by atoms with E-state index in [9.17, 15) is 4.79 Å². The molecule has 1 nitrogen and oxygen atoms in total. The second-order valence-electron chi connectivity index (χ2n) is 6.98. The van der Waals surface area contributed by atoms with Gasteiger partial charge in [-0.15, -0.1) is 0 Å². The zero-order valence-electron chi connectivity index (χ0n) is 12.3. The van der Waals surface area contributed by atoms with E-state index in [0.29, 0.717) is 11.7 Å². The van der Waals surface area contributed by atoms with Gasteiger partial charge in [0.05, 0.1) is 0 Å². The third kappa shape index (κ3) is 1.57. The fourth-order valence-electron chi connectivity index (χ4n) is 3.94. The maximum atomic E-state index is 12.7. The molecule has 1 unspecified atom stereocenters. The van der Waals surface area contributed by atoms with Crippen LogP contribution in [0, 0.1) is 23.7 Å². The molecule has 2 saturated carbocycles. The Morgan fingerprint density at radius 2 is 1.79 bits per heavy atom. The molecule has 3 rings (SSSR count). The first-order valence-electron chi connectivity index (χ1n) is 7.19. The molecule has 100 valence electrons. The van der Waals surface area contributed by atoms with Crippen LogP contribution in [-0.4, -0.2) is 5.78 Å². The number of hydrogen-bond acceptors (Lipinski definition) is 1. The van der Waals surface area contributed by atoms with Crippen molar-refractivity contribution in [2.75, 3.05) is 0 Å². The van der Waals surface area contributed by atoms with Crippen molar-refractivity contribution in [2.24, 2.45) is 16.7 Å². The van der Waals surface area contributed by atoms with E-state index in [1.807, 2.05) is 0 Å². The van der Waals surface area contributed by atoms with Crippen LogP contribution in [0.2, 0.25) is 0 Å². The normalized spacial score (nSPS) is 34.2. The summed E-state index contributed by atoms with van der Waals surface area (Å²) in [5.41, 5.74) is 3.44. The fourth-order valence-corrected chi connectivity index (χ4v) is 3.94. The summed E-state index contributed by atoms with van der Waals surface area (Å²) < 4.78 is 0. The van der Waals surface area contributed by atoms with E-state index < -0.39 is 0 Å². The summed E-state index contributed by atoms with van der Waals surface area (Å²) in [7, 11) is 0. The van der Waals surface area contributed by atoms with Crippen molar-refractivity contribution >= 4 is 11.9 Å². The van der Waals surface area contributed by atoms with Gasteiger partial charge >= 0.3 is 0 Å².